The number of hydrogen-bond acceptors (Lipinski definition) is 8. The summed E-state index contributed by atoms with van der Waals surface area (Å²) in [6, 6.07) is 8.35. The van der Waals surface area contributed by atoms with Crippen molar-refractivity contribution in [3.05, 3.63) is 122 Å². The van der Waals surface area contributed by atoms with Gasteiger partial charge in [0.2, 0.25) is 0 Å². The molecule has 14 atom stereocenters. The van der Waals surface area contributed by atoms with Crippen LogP contribution >= 0.6 is 0 Å². The lowest BCUT2D eigenvalue weighted by Gasteiger charge is -2.72. The minimum Gasteiger partial charge on any atom is -0.478 e. The number of Topliss-reactive ketones (excluding diaryl/α,β-unsaturated/α-hetero) is 2. The molecule has 1 aromatic carbocycles. The van der Waals surface area contributed by atoms with Crippen LogP contribution in [-0.4, -0.2) is 77.0 Å². The van der Waals surface area contributed by atoms with E-state index < -0.39 is 84.7 Å². The number of aryl methyl sites for hydroxylation is 1. The van der Waals surface area contributed by atoms with Crippen LogP contribution in [0.15, 0.2) is 116 Å². The summed E-state index contributed by atoms with van der Waals surface area (Å²) in [5.74, 6) is 2.45. The van der Waals surface area contributed by atoms with Gasteiger partial charge in [-0.2, -0.15) is 0 Å². The standard InChI is InChI=1S/C59H61N3O8/c1-31(48(65)66)37-18-24-53(62-49(60)61)25-26-54-40-13-7-10-21-52(54)30-39(63)44-47-55(67)29-36-28-34-16-17-38(58(37,69)59(40,53)70)42(34)45(54)57(36,68)56(47,52)22-9-4-8-20-50(2)41(64)19-23-51(44,3)46(50)43(55)35-15-14-32-11-5-6-12-33(32)27-35/h5-7,10-12,17,25-27,29,40,43,45-46,67-70H,9,13-16,18-24,28,30H2,1-3H3,(H,65,66)(H4,60,61,62)/b37-31+/t40-,43-,45-,46+,50+,51+,52+,53-,54-,55+,56-,57-,58-,59-/m0/s1. The fraction of sp³-hybridized carbons (Fsp3) is 0.525. The zero-order valence-electron chi connectivity index (χ0n) is 40.1. The lowest BCUT2D eigenvalue weighted by atomic mass is 9.32. The number of aliphatic carboxylic acids is 1. The number of aliphatic hydroxyl groups is 4. The molecule has 1 aromatic rings. The van der Waals surface area contributed by atoms with E-state index >= 15 is 15.0 Å². The van der Waals surface area contributed by atoms with Gasteiger partial charge in [-0.1, -0.05) is 85.7 Å². The van der Waals surface area contributed by atoms with E-state index in [4.69, 9.17) is 16.5 Å². The molecule has 13 aliphatic rings. The number of carboxylic acid groups (broad SMARTS) is 1. The Labute approximate surface area is 407 Å². The minimum atomic E-state index is -2.35. The highest BCUT2D eigenvalue weighted by Gasteiger charge is 2.93. The largest absolute Gasteiger partial charge is 0.478 e. The second-order valence-electron chi connectivity index (χ2n) is 24.3. The van der Waals surface area contributed by atoms with E-state index in [1.54, 1.807) is 0 Å². The molecule has 4 fully saturated rings. The third-order valence-electron chi connectivity index (χ3n) is 22.4. The van der Waals surface area contributed by atoms with Crippen LogP contribution in [-0.2, 0) is 20.8 Å². The van der Waals surface area contributed by atoms with Gasteiger partial charge in [0, 0.05) is 81.7 Å². The first-order valence-electron chi connectivity index (χ1n) is 25.7. The Hall–Kier alpha value is -5.38. The second kappa shape index (κ2) is 12.8. The SMILES string of the molecule is C/C(C(=O)O)=C1/CC[C@]2(N=C(N)N)C=C[C@@]34[C@@H]5CC=CC[C@@]36CC(=O)C3=C7[C@@]68CCC#CC[C@]6(C)C(=O)CC[C@@]3(C)[C@@H]6[C@H](C3=Cc6ccccc6CC3)[C@]7(O)C=C3CC6=C(C(=CC6)[C@]1(O)[C@]52O)[C@@H]4[C@@]38O. The first-order chi connectivity index (χ1) is 33.2. The van der Waals surface area contributed by atoms with E-state index in [2.05, 4.69) is 55.2 Å². The maximum atomic E-state index is 16.6. The number of ketones is 2. The lowest BCUT2D eigenvalue weighted by molar-refractivity contribution is -0.228. The van der Waals surface area contributed by atoms with Crippen LogP contribution in [0.5, 0.6) is 0 Å². The quantitative estimate of drug-likeness (QED) is 0.0587. The van der Waals surface area contributed by atoms with Gasteiger partial charge in [-0.05, 0) is 122 Å². The second-order valence-corrected chi connectivity index (χ2v) is 24.3. The number of carboxylic acids is 1. The molecular weight excluding hydrogens is 879 g/mol. The number of guanidine groups is 1. The Balaban J connectivity index is 1.18. The van der Waals surface area contributed by atoms with E-state index in [1.165, 1.54) is 12.5 Å². The fourth-order valence-corrected chi connectivity index (χ4v) is 20.4. The molecule has 0 saturated heterocycles. The molecule has 0 heterocycles. The highest BCUT2D eigenvalue weighted by atomic mass is 16.4. The van der Waals surface area contributed by atoms with Crippen LogP contribution in [0.4, 0.5) is 0 Å². The third kappa shape index (κ3) is 4.11. The number of nitrogens with two attached hydrogens (primary N) is 2. The van der Waals surface area contributed by atoms with Crippen LogP contribution in [0.2, 0.25) is 0 Å². The fourth-order valence-electron chi connectivity index (χ4n) is 20.4. The van der Waals surface area contributed by atoms with Crippen LogP contribution in [0, 0.1) is 62.6 Å². The summed E-state index contributed by atoms with van der Waals surface area (Å²) in [4.78, 5) is 49.7. The molecule has 0 amide bonds. The number of allylic oxidation sites excluding steroid dienone is 6. The number of hydrogen-bond donors (Lipinski definition) is 7. The van der Waals surface area contributed by atoms with Gasteiger partial charge in [-0.3, -0.25) is 9.59 Å². The topological polar surface area (TPSA) is 217 Å². The summed E-state index contributed by atoms with van der Waals surface area (Å²) in [5, 5.41) is 70.4. The molecule has 14 rings (SSSR count). The van der Waals surface area contributed by atoms with Crippen molar-refractivity contribution in [2.75, 3.05) is 0 Å². The van der Waals surface area contributed by atoms with Gasteiger partial charge >= 0.3 is 5.97 Å². The highest BCUT2D eigenvalue weighted by molar-refractivity contribution is 6.03. The number of benzene rings is 1. The number of aliphatic imine (C=N–C) groups is 1. The Morgan fingerprint density at radius 3 is 2.51 bits per heavy atom. The summed E-state index contributed by atoms with van der Waals surface area (Å²) in [7, 11) is 0. The molecule has 9 N–H and O–H groups in total. The zero-order valence-corrected chi connectivity index (χ0v) is 40.1. The van der Waals surface area contributed by atoms with Crippen molar-refractivity contribution < 1.29 is 39.9 Å². The van der Waals surface area contributed by atoms with Gasteiger partial charge in [0.15, 0.2) is 11.7 Å². The summed E-state index contributed by atoms with van der Waals surface area (Å²) < 4.78 is 0. The molecule has 360 valence electrons. The van der Waals surface area contributed by atoms with Crippen LogP contribution in [0.1, 0.15) is 115 Å². The molecule has 8 bridgehead atoms. The zero-order chi connectivity index (χ0) is 48.8. The van der Waals surface area contributed by atoms with Crippen molar-refractivity contribution in [2.24, 2.45) is 67.2 Å². The van der Waals surface area contributed by atoms with Gasteiger partial charge < -0.3 is 37.0 Å². The predicted octanol–water partition coefficient (Wildman–Crippen LogP) is 6.33. The predicted molar refractivity (Wildman–Crippen MR) is 261 cm³/mol. The average Bonchev–Trinajstić information content (AvgIpc) is 3.70. The van der Waals surface area contributed by atoms with Crippen molar-refractivity contribution in [1.29, 1.82) is 0 Å². The van der Waals surface area contributed by atoms with Crippen LogP contribution in [0.25, 0.3) is 6.08 Å². The number of carbonyl (C=O) groups is 3. The van der Waals surface area contributed by atoms with Crippen molar-refractivity contribution in [3.63, 3.8) is 0 Å². The van der Waals surface area contributed by atoms with E-state index in [-0.39, 0.29) is 80.0 Å². The Morgan fingerprint density at radius 2 is 1.73 bits per heavy atom. The van der Waals surface area contributed by atoms with E-state index in [1.807, 2.05) is 37.3 Å². The molecule has 3 spiro atoms. The molecule has 0 aromatic heterocycles. The number of nitrogens with zero attached hydrogens (tertiary/aromatic N) is 1. The molecule has 0 aliphatic heterocycles. The normalized spacial score (nSPS) is 48.5. The lowest BCUT2D eigenvalue weighted by Crippen LogP contribution is -2.78. The van der Waals surface area contributed by atoms with Crippen molar-refractivity contribution >= 4 is 29.6 Å². The molecule has 0 unspecified atom stereocenters. The number of carbonyl (C=O) groups excluding carboxylic acids is 2. The Kier molecular flexibility index (Phi) is 7.94. The average molecular weight is 940 g/mol. The molecule has 0 radical (unpaired) electrons. The van der Waals surface area contributed by atoms with Crippen LogP contribution < -0.4 is 11.5 Å². The summed E-state index contributed by atoms with van der Waals surface area (Å²) in [6.45, 7) is 5.68. The van der Waals surface area contributed by atoms with E-state index in [0.717, 1.165) is 23.1 Å². The van der Waals surface area contributed by atoms with Crippen LogP contribution in [0.3, 0.4) is 0 Å². The van der Waals surface area contributed by atoms with Gasteiger partial charge in [-0.15, -0.1) is 11.8 Å². The smallest absolute Gasteiger partial charge is 0.331 e. The molecule has 4 saturated carbocycles. The first-order valence-corrected chi connectivity index (χ1v) is 25.7. The van der Waals surface area contributed by atoms with E-state index in [9.17, 15) is 24.9 Å². The minimum absolute atomic E-state index is 0.0391. The molecule has 70 heavy (non-hydrogen) atoms. The molecule has 13 aliphatic carbocycles. The summed E-state index contributed by atoms with van der Waals surface area (Å²) >= 11 is 0. The maximum absolute atomic E-state index is 16.6. The number of rotatable bonds is 3. The van der Waals surface area contributed by atoms with Crippen molar-refractivity contribution in [2.45, 2.75) is 139 Å². The van der Waals surface area contributed by atoms with Gasteiger partial charge in [0.25, 0.3) is 0 Å². The highest BCUT2D eigenvalue weighted by Crippen LogP contribution is 2.91. The Morgan fingerprint density at radius 1 is 0.929 bits per heavy atom. The number of fused-ring (bicyclic) bond motifs is 2. The molecule has 11 nitrogen and oxygen atoms in total. The third-order valence-corrected chi connectivity index (χ3v) is 22.4. The molecular formula is C59H61N3O8. The first kappa shape index (κ1) is 43.4. The monoisotopic (exact) mass is 939 g/mol. The van der Waals surface area contributed by atoms with Crippen molar-refractivity contribution in [1.82, 2.24) is 0 Å². The van der Waals surface area contributed by atoms with E-state index in [0.29, 0.717) is 60.0 Å². The summed E-state index contributed by atoms with van der Waals surface area (Å²) in [6.07, 6.45) is 18.3. The molecule has 11 heteroatoms. The van der Waals surface area contributed by atoms with Gasteiger partial charge in [0.1, 0.15) is 33.7 Å². The Bertz CT molecular complexity index is 3190. The summed E-state index contributed by atoms with van der Waals surface area (Å²) in [5.41, 5.74) is 3.96. The van der Waals surface area contributed by atoms with Gasteiger partial charge in [0.05, 0.1) is 0 Å². The van der Waals surface area contributed by atoms with Gasteiger partial charge in [-0.25, -0.2) is 9.79 Å². The maximum Gasteiger partial charge on any atom is 0.331 e. The van der Waals surface area contributed by atoms with Crippen molar-refractivity contribution in [3.8, 4) is 11.8 Å².